The lowest BCUT2D eigenvalue weighted by Crippen LogP contribution is -2.52. The Bertz CT molecular complexity index is 307. The third-order valence-electron chi connectivity index (χ3n) is 4.95. The molecule has 0 radical (unpaired) electrons. The summed E-state index contributed by atoms with van der Waals surface area (Å²) in [4.78, 5) is 14.2. The maximum Gasteiger partial charge on any atom is 0.323 e. The predicted molar refractivity (Wildman–Crippen MR) is 87.7 cm³/mol. The van der Waals surface area contributed by atoms with Gasteiger partial charge in [-0.05, 0) is 58.2 Å². The maximum atomic E-state index is 11.6. The highest BCUT2D eigenvalue weighted by atomic mass is 16.4. The zero-order valence-corrected chi connectivity index (χ0v) is 14.2. The lowest BCUT2D eigenvalue weighted by atomic mass is 9.89. The second-order valence-electron chi connectivity index (χ2n) is 6.35. The standard InChI is InChI=1S/C17H34N2O2/c1-4-10-15-11-7-8-13-19(15)14-9-12-17(5-2,16(20)21)18-6-3/h15,18H,4-14H2,1-3H3,(H,20,21). The monoisotopic (exact) mass is 298 g/mol. The molecule has 0 spiro atoms. The van der Waals surface area contributed by atoms with Crippen molar-refractivity contribution in [2.75, 3.05) is 19.6 Å². The quantitative estimate of drug-likeness (QED) is 0.650. The highest BCUT2D eigenvalue weighted by Crippen LogP contribution is 2.23. The second-order valence-corrected chi connectivity index (χ2v) is 6.35. The molecule has 1 saturated heterocycles. The summed E-state index contributed by atoms with van der Waals surface area (Å²) in [5, 5.41) is 12.8. The number of rotatable bonds is 10. The van der Waals surface area contributed by atoms with Crippen LogP contribution < -0.4 is 5.32 Å². The molecule has 0 aromatic heterocycles. The van der Waals surface area contributed by atoms with E-state index in [9.17, 15) is 9.90 Å². The van der Waals surface area contributed by atoms with Gasteiger partial charge in [-0.15, -0.1) is 0 Å². The van der Waals surface area contributed by atoms with Crippen molar-refractivity contribution in [2.24, 2.45) is 0 Å². The molecule has 0 aliphatic carbocycles. The molecule has 0 bridgehead atoms. The zero-order valence-electron chi connectivity index (χ0n) is 14.2. The molecular weight excluding hydrogens is 264 g/mol. The first-order valence-electron chi connectivity index (χ1n) is 8.82. The molecule has 2 N–H and O–H groups in total. The molecule has 1 rings (SSSR count). The van der Waals surface area contributed by atoms with E-state index in [4.69, 9.17) is 0 Å². The summed E-state index contributed by atoms with van der Waals surface area (Å²) in [7, 11) is 0. The number of likely N-dealkylation sites (tertiary alicyclic amines) is 1. The van der Waals surface area contributed by atoms with Crippen molar-refractivity contribution in [2.45, 2.75) is 83.7 Å². The molecule has 1 aliphatic rings. The minimum Gasteiger partial charge on any atom is -0.480 e. The van der Waals surface area contributed by atoms with Crippen LogP contribution in [0.5, 0.6) is 0 Å². The molecule has 4 nitrogen and oxygen atoms in total. The van der Waals surface area contributed by atoms with E-state index in [0.717, 1.165) is 25.4 Å². The van der Waals surface area contributed by atoms with Gasteiger partial charge in [-0.3, -0.25) is 4.79 Å². The normalized spacial score (nSPS) is 22.9. The van der Waals surface area contributed by atoms with Gasteiger partial charge in [0.25, 0.3) is 0 Å². The third-order valence-corrected chi connectivity index (χ3v) is 4.95. The molecule has 4 heteroatoms. The second kappa shape index (κ2) is 9.42. The summed E-state index contributed by atoms with van der Waals surface area (Å²) < 4.78 is 0. The van der Waals surface area contributed by atoms with Gasteiger partial charge in [-0.1, -0.05) is 33.6 Å². The Balaban J connectivity index is 2.50. The molecule has 0 aromatic rings. The van der Waals surface area contributed by atoms with Gasteiger partial charge in [0.1, 0.15) is 5.54 Å². The van der Waals surface area contributed by atoms with Crippen LogP contribution in [0.25, 0.3) is 0 Å². The van der Waals surface area contributed by atoms with Crippen LogP contribution in [0.1, 0.15) is 72.1 Å². The Hall–Kier alpha value is -0.610. The number of carboxylic acid groups (broad SMARTS) is 1. The third kappa shape index (κ3) is 5.26. The fraction of sp³-hybridized carbons (Fsp3) is 0.941. The molecule has 21 heavy (non-hydrogen) atoms. The molecule has 2 atom stereocenters. The summed E-state index contributed by atoms with van der Waals surface area (Å²) in [6.45, 7) is 9.16. The number of aliphatic carboxylic acids is 1. The molecule has 1 aliphatic heterocycles. The van der Waals surface area contributed by atoms with Crippen molar-refractivity contribution >= 4 is 5.97 Å². The Morgan fingerprint density at radius 1 is 1.33 bits per heavy atom. The molecule has 124 valence electrons. The number of hydrogen-bond acceptors (Lipinski definition) is 3. The lowest BCUT2D eigenvalue weighted by molar-refractivity contribution is -0.145. The lowest BCUT2D eigenvalue weighted by Gasteiger charge is -2.37. The summed E-state index contributed by atoms with van der Waals surface area (Å²) in [5.74, 6) is -0.699. The number of likely N-dealkylation sites (N-methyl/N-ethyl adjacent to an activating group) is 1. The summed E-state index contributed by atoms with van der Waals surface area (Å²) in [6.07, 6.45) is 8.83. The Labute approximate surface area is 130 Å². The Morgan fingerprint density at radius 2 is 2.10 bits per heavy atom. The van der Waals surface area contributed by atoms with E-state index in [2.05, 4.69) is 17.1 Å². The Morgan fingerprint density at radius 3 is 2.67 bits per heavy atom. The fourth-order valence-electron chi connectivity index (χ4n) is 3.66. The van der Waals surface area contributed by atoms with Gasteiger partial charge in [0.2, 0.25) is 0 Å². The average Bonchev–Trinajstić information content (AvgIpc) is 2.48. The highest BCUT2D eigenvalue weighted by Gasteiger charge is 2.35. The van der Waals surface area contributed by atoms with E-state index in [1.54, 1.807) is 0 Å². The number of carboxylic acids is 1. The van der Waals surface area contributed by atoms with Crippen LogP contribution in [-0.4, -0.2) is 47.2 Å². The van der Waals surface area contributed by atoms with E-state index < -0.39 is 11.5 Å². The van der Waals surface area contributed by atoms with Crippen LogP contribution in [-0.2, 0) is 4.79 Å². The van der Waals surface area contributed by atoms with Gasteiger partial charge in [0, 0.05) is 6.04 Å². The van der Waals surface area contributed by atoms with Crippen LogP contribution >= 0.6 is 0 Å². The first-order chi connectivity index (χ1) is 10.1. The van der Waals surface area contributed by atoms with Crippen molar-refractivity contribution in [1.82, 2.24) is 10.2 Å². The van der Waals surface area contributed by atoms with Crippen molar-refractivity contribution in [3.63, 3.8) is 0 Å². The SMILES string of the molecule is CCCC1CCCCN1CCCC(CC)(NCC)C(=O)O. The summed E-state index contributed by atoms with van der Waals surface area (Å²) >= 11 is 0. The highest BCUT2D eigenvalue weighted by molar-refractivity contribution is 5.78. The molecule has 1 heterocycles. The minimum absolute atomic E-state index is 0.647. The zero-order chi connectivity index (χ0) is 15.7. The predicted octanol–water partition coefficient (Wildman–Crippen LogP) is 3.26. The smallest absolute Gasteiger partial charge is 0.323 e. The molecule has 1 fully saturated rings. The first kappa shape index (κ1) is 18.4. The van der Waals surface area contributed by atoms with Gasteiger partial charge < -0.3 is 15.3 Å². The van der Waals surface area contributed by atoms with Gasteiger partial charge in [0.05, 0.1) is 0 Å². The van der Waals surface area contributed by atoms with Crippen molar-refractivity contribution in [3.8, 4) is 0 Å². The minimum atomic E-state index is -0.731. The van der Waals surface area contributed by atoms with Gasteiger partial charge in [0.15, 0.2) is 0 Å². The number of nitrogens with one attached hydrogen (secondary N) is 1. The number of hydrogen-bond donors (Lipinski definition) is 2. The fourth-order valence-corrected chi connectivity index (χ4v) is 3.66. The van der Waals surface area contributed by atoms with Gasteiger partial charge >= 0.3 is 5.97 Å². The van der Waals surface area contributed by atoms with Crippen LogP contribution in [0, 0.1) is 0 Å². The maximum absolute atomic E-state index is 11.6. The topological polar surface area (TPSA) is 52.6 Å². The van der Waals surface area contributed by atoms with Crippen LogP contribution in [0.4, 0.5) is 0 Å². The van der Waals surface area contributed by atoms with Gasteiger partial charge in [-0.25, -0.2) is 0 Å². The largest absolute Gasteiger partial charge is 0.480 e. The van der Waals surface area contributed by atoms with Crippen LogP contribution in [0.2, 0.25) is 0 Å². The van der Waals surface area contributed by atoms with Crippen molar-refractivity contribution in [1.29, 1.82) is 0 Å². The van der Waals surface area contributed by atoms with E-state index in [-0.39, 0.29) is 0 Å². The number of carbonyl (C=O) groups is 1. The molecule has 2 unspecified atom stereocenters. The number of nitrogens with zero attached hydrogens (tertiary/aromatic N) is 1. The first-order valence-corrected chi connectivity index (χ1v) is 8.82. The van der Waals surface area contributed by atoms with Crippen LogP contribution in [0.15, 0.2) is 0 Å². The van der Waals surface area contributed by atoms with Gasteiger partial charge in [-0.2, -0.15) is 0 Å². The molecule has 0 aromatic carbocycles. The van der Waals surface area contributed by atoms with E-state index in [0.29, 0.717) is 13.0 Å². The van der Waals surface area contributed by atoms with Crippen molar-refractivity contribution in [3.05, 3.63) is 0 Å². The Kier molecular flexibility index (Phi) is 8.27. The molecule has 0 saturated carbocycles. The van der Waals surface area contributed by atoms with E-state index in [1.807, 2.05) is 13.8 Å². The van der Waals surface area contributed by atoms with E-state index in [1.165, 1.54) is 38.6 Å². The summed E-state index contributed by atoms with van der Waals surface area (Å²) in [5.41, 5.74) is -0.731. The van der Waals surface area contributed by atoms with Crippen LogP contribution in [0.3, 0.4) is 0 Å². The van der Waals surface area contributed by atoms with E-state index >= 15 is 0 Å². The van der Waals surface area contributed by atoms with Crippen molar-refractivity contribution < 1.29 is 9.90 Å². The summed E-state index contributed by atoms with van der Waals surface area (Å²) in [6, 6.07) is 0.726. The number of piperidine rings is 1. The molecular formula is C17H34N2O2. The molecule has 0 amide bonds. The average molecular weight is 298 g/mol.